The van der Waals surface area contributed by atoms with Gasteiger partial charge in [0, 0.05) is 24.8 Å². The van der Waals surface area contributed by atoms with Gasteiger partial charge in [-0.2, -0.15) is 5.10 Å². The quantitative estimate of drug-likeness (QED) is 0.717. The first kappa shape index (κ1) is 13.0. The molecule has 1 atom stereocenters. The highest BCUT2D eigenvalue weighted by atomic mass is 15.3. The normalized spacial score (nSPS) is 12.7. The zero-order valence-corrected chi connectivity index (χ0v) is 10.7. The second-order valence-electron chi connectivity index (χ2n) is 4.03. The van der Waals surface area contributed by atoms with Crippen molar-refractivity contribution in [1.82, 2.24) is 15.1 Å². The summed E-state index contributed by atoms with van der Waals surface area (Å²) in [5.74, 6) is 0. The third-order valence-corrected chi connectivity index (χ3v) is 2.76. The van der Waals surface area contributed by atoms with Crippen LogP contribution in [0.2, 0.25) is 0 Å². The maximum Gasteiger partial charge on any atom is 0.0669 e. The summed E-state index contributed by atoms with van der Waals surface area (Å²) in [5, 5.41) is 8.01. The van der Waals surface area contributed by atoms with E-state index < -0.39 is 0 Å². The second-order valence-corrected chi connectivity index (χ2v) is 4.03. The molecule has 0 spiro atoms. The average Bonchev–Trinajstić information content (AvgIpc) is 2.65. The van der Waals surface area contributed by atoms with Crippen molar-refractivity contribution in [3.05, 3.63) is 30.1 Å². The van der Waals surface area contributed by atoms with Crippen LogP contribution in [0.3, 0.4) is 0 Å². The van der Waals surface area contributed by atoms with Gasteiger partial charge in [-0.15, -0.1) is 6.58 Å². The summed E-state index contributed by atoms with van der Waals surface area (Å²) < 4.78 is 1.91. The third kappa shape index (κ3) is 3.20. The molecular formula is C13H23N3. The lowest BCUT2D eigenvalue weighted by atomic mass is 10.0. The Kier molecular flexibility index (Phi) is 5.26. The molecular weight excluding hydrogens is 198 g/mol. The van der Waals surface area contributed by atoms with Gasteiger partial charge < -0.3 is 5.32 Å². The largest absolute Gasteiger partial charge is 0.310 e. The zero-order valence-electron chi connectivity index (χ0n) is 10.7. The molecule has 0 amide bonds. The van der Waals surface area contributed by atoms with Crippen LogP contribution in [-0.4, -0.2) is 16.3 Å². The Bertz CT molecular complexity index is 328. The Balaban J connectivity index is 2.85. The van der Waals surface area contributed by atoms with Crippen molar-refractivity contribution < 1.29 is 0 Å². The van der Waals surface area contributed by atoms with E-state index in [0.29, 0.717) is 6.04 Å². The van der Waals surface area contributed by atoms with Gasteiger partial charge in [0.2, 0.25) is 0 Å². The predicted molar refractivity (Wildman–Crippen MR) is 68.4 cm³/mol. The van der Waals surface area contributed by atoms with Crippen LogP contribution in [-0.2, 0) is 13.5 Å². The number of hydrogen-bond donors (Lipinski definition) is 1. The predicted octanol–water partition coefficient (Wildman–Crippen LogP) is 2.60. The lowest BCUT2D eigenvalue weighted by Crippen LogP contribution is -2.21. The van der Waals surface area contributed by atoms with Gasteiger partial charge in [0.25, 0.3) is 0 Å². The monoisotopic (exact) mass is 221 g/mol. The van der Waals surface area contributed by atoms with E-state index in [1.165, 1.54) is 11.3 Å². The highest BCUT2D eigenvalue weighted by Crippen LogP contribution is 2.22. The lowest BCUT2D eigenvalue weighted by Gasteiger charge is -2.16. The van der Waals surface area contributed by atoms with E-state index in [-0.39, 0.29) is 0 Å². The Morgan fingerprint density at radius 2 is 2.31 bits per heavy atom. The number of hydrogen-bond acceptors (Lipinski definition) is 2. The van der Waals surface area contributed by atoms with Crippen LogP contribution in [0.1, 0.15) is 44.0 Å². The van der Waals surface area contributed by atoms with Crippen molar-refractivity contribution in [2.24, 2.45) is 7.05 Å². The van der Waals surface area contributed by atoms with Crippen LogP contribution < -0.4 is 5.32 Å². The highest BCUT2D eigenvalue weighted by Gasteiger charge is 2.15. The molecule has 0 saturated carbocycles. The number of aryl methyl sites for hydroxylation is 2. The number of allylic oxidation sites excluding steroid dienone is 1. The topological polar surface area (TPSA) is 29.9 Å². The van der Waals surface area contributed by atoms with Gasteiger partial charge in [-0.25, -0.2) is 0 Å². The standard InChI is InChI=1S/C13H23N3/c1-5-8-9-13(14-7-3)11-10-16(4)15-12(11)6-2/h5,10,13-14H,1,6-9H2,2-4H3. The summed E-state index contributed by atoms with van der Waals surface area (Å²) in [6.07, 6.45) is 7.24. The molecule has 1 rings (SSSR count). The zero-order chi connectivity index (χ0) is 12.0. The first-order chi connectivity index (χ1) is 7.72. The Labute approximate surface area is 98.5 Å². The number of aromatic nitrogens is 2. The molecule has 3 nitrogen and oxygen atoms in total. The highest BCUT2D eigenvalue weighted by molar-refractivity contribution is 5.21. The minimum atomic E-state index is 0.409. The summed E-state index contributed by atoms with van der Waals surface area (Å²) in [6, 6.07) is 0.409. The molecule has 90 valence electrons. The van der Waals surface area contributed by atoms with Gasteiger partial charge >= 0.3 is 0 Å². The summed E-state index contributed by atoms with van der Waals surface area (Å²) in [7, 11) is 1.99. The molecule has 1 heterocycles. The Morgan fingerprint density at radius 3 is 2.88 bits per heavy atom. The van der Waals surface area contributed by atoms with Crippen LogP contribution in [0.25, 0.3) is 0 Å². The number of nitrogens with zero attached hydrogens (tertiary/aromatic N) is 2. The van der Waals surface area contributed by atoms with Gasteiger partial charge in [0.15, 0.2) is 0 Å². The SMILES string of the molecule is C=CCCC(NCC)c1cn(C)nc1CC. The number of rotatable bonds is 7. The minimum absolute atomic E-state index is 0.409. The van der Waals surface area contributed by atoms with Crippen molar-refractivity contribution in [3.63, 3.8) is 0 Å². The molecule has 3 heteroatoms. The van der Waals surface area contributed by atoms with E-state index in [4.69, 9.17) is 0 Å². The Hall–Kier alpha value is -1.09. The fraction of sp³-hybridized carbons (Fsp3) is 0.615. The maximum absolute atomic E-state index is 4.49. The smallest absolute Gasteiger partial charge is 0.0669 e. The molecule has 1 aromatic rings. The van der Waals surface area contributed by atoms with E-state index in [2.05, 4.69) is 37.0 Å². The van der Waals surface area contributed by atoms with Crippen molar-refractivity contribution in [2.75, 3.05) is 6.54 Å². The molecule has 0 aliphatic rings. The molecule has 0 aromatic carbocycles. The first-order valence-electron chi connectivity index (χ1n) is 6.09. The van der Waals surface area contributed by atoms with Crippen LogP contribution >= 0.6 is 0 Å². The molecule has 0 radical (unpaired) electrons. The molecule has 0 fully saturated rings. The van der Waals surface area contributed by atoms with E-state index in [0.717, 1.165) is 25.8 Å². The van der Waals surface area contributed by atoms with E-state index in [1.54, 1.807) is 0 Å². The maximum atomic E-state index is 4.49. The lowest BCUT2D eigenvalue weighted by molar-refractivity contribution is 0.516. The van der Waals surface area contributed by atoms with Gasteiger partial charge in [0.05, 0.1) is 5.69 Å². The molecule has 16 heavy (non-hydrogen) atoms. The van der Waals surface area contributed by atoms with Crippen LogP contribution in [0.5, 0.6) is 0 Å². The van der Waals surface area contributed by atoms with Gasteiger partial charge in [-0.1, -0.05) is 19.9 Å². The summed E-state index contributed by atoms with van der Waals surface area (Å²) in [6.45, 7) is 9.07. The molecule has 1 unspecified atom stereocenters. The average molecular weight is 221 g/mol. The molecule has 1 N–H and O–H groups in total. The van der Waals surface area contributed by atoms with Crippen molar-refractivity contribution in [3.8, 4) is 0 Å². The fourth-order valence-electron chi connectivity index (χ4n) is 2.02. The summed E-state index contributed by atoms with van der Waals surface area (Å²) in [4.78, 5) is 0. The molecule has 0 saturated heterocycles. The van der Waals surface area contributed by atoms with Crippen LogP contribution in [0, 0.1) is 0 Å². The third-order valence-electron chi connectivity index (χ3n) is 2.76. The van der Waals surface area contributed by atoms with Crippen LogP contribution in [0.15, 0.2) is 18.9 Å². The van der Waals surface area contributed by atoms with Gasteiger partial charge in [-0.05, 0) is 25.8 Å². The van der Waals surface area contributed by atoms with Crippen LogP contribution in [0.4, 0.5) is 0 Å². The van der Waals surface area contributed by atoms with Gasteiger partial charge in [0.1, 0.15) is 0 Å². The van der Waals surface area contributed by atoms with E-state index in [9.17, 15) is 0 Å². The van der Waals surface area contributed by atoms with Gasteiger partial charge in [-0.3, -0.25) is 4.68 Å². The molecule has 0 aliphatic carbocycles. The van der Waals surface area contributed by atoms with E-state index in [1.807, 2.05) is 17.8 Å². The second kappa shape index (κ2) is 6.48. The molecule has 1 aromatic heterocycles. The van der Waals surface area contributed by atoms with E-state index >= 15 is 0 Å². The van der Waals surface area contributed by atoms with Crippen molar-refractivity contribution >= 4 is 0 Å². The first-order valence-corrected chi connectivity index (χ1v) is 6.09. The minimum Gasteiger partial charge on any atom is -0.310 e. The Morgan fingerprint density at radius 1 is 1.56 bits per heavy atom. The molecule has 0 aliphatic heterocycles. The fourth-order valence-corrected chi connectivity index (χ4v) is 2.02. The molecule has 0 bridgehead atoms. The number of nitrogens with one attached hydrogen (secondary N) is 1. The van der Waals surface area contributed by atoms with Crippen molar-refractivity contribution in [1.29, 1.82) is 0 Å². The summed E-state index contributed by atoms with van der Waals surface area (Å²) in [5.41, 5.74) is 2.55. The summed E-state index contributed by atoms with van der Waals surface area (Å²) >= 11 is 0. The van der Waals surface area contributed by atoms with Crippen molar-refractivity contribution in [2.45, 2.75) is 39.2 Å².